The van der Waals surface area contributed by atoms with E-state index in [4.69, 9.17) is 0 Å². The number of hydrogen-bond donors (Lipinski definition) is 1. The predicted octanol–water partition coefficient (Wildman–Crippen LogP) is 3.95. The number of rotatable bonds is 3. The maximum Gasteiger partial charge on any atom is 0.227 e. The van der Waals surface area contributed by atoms with Crippen LogP contribution in [0, 0.1) is 11.8 Å². The van der Waals surface area contributed by atoms with Crippen LogP contribution in [-0.2, 0) is 4.79 Å². The van der Waals surface area contributed by atoms with Gasteiger partial charge in [0.2, 0.25) is 5.91 Å². The van der Waals surface area contributed by atoms with Gasteiger partial charge >= 0.3 is 0 Å². The maximum absolute atomic E-state index is 11.8. The van der Waals surface area contributed by atoms with Crippen LogP contribution in [-0.4, -0.2) is 5.91 Å². The molecule has 0 aliphatic heterocycles. The Morgan fingerprint density at radius 3 is 2.16 bits per heavy atom. The van der Waals surface area contributed by atoms with Gasteiger partial charge in [-0.05, 0) is 35.6 Å². The molecule has 96 valence electrons. The van der Waals surface area contributed by atoms with Crippen molar-refractivity contribution in [2.75, 3.05) is 5.32 Å². The largest absolute Gasteiger partial charge is 0.326 e. The number of amides is 1. The fraction of sp³-hybridized carbons (Fsp3) is 0.235. The van der Waals surface area contributed by atoms with Crippen molar-refractivity contribution in [2.24, 2.45) is 11.8 Å². The van der Waals surface area contributed by atoms with Crippen LogP contribution >= 0.6 is 0 Å². The zero-order valence-electron chi connectivity index (χ0n) is 11.0. The van der Waals surface area contributed by atoms with Crippen molar-refractivity contribution in [1.29, 1.82) is 0 Å². The molecule has 0 radical (unpaired) electrons. The summed E-state index contributed by atoms with van der Waals surface area (Å²) in [6.07, 6.45) is 1.02. The number of carbonyl (C=O) groups excluding carboxylic acids is 1. The van der Waals surface area contributed by atoms with Crippen molar-refractivity contribution in [1.82, 2.24) is 0 Å². The lowest BCUT2D eigenvalue weighted by Gasteiger charge is -2.06. The van der Waals surface area contributed by atoms with Crippen molar-refractivity contribution < 1.29 is 4.79 Å². The third kappa shape index (κ3) is 2.68. The second-order valence-corrected chi connectivity index (χ2v) is 5.25. The summed E-state index contributed by atoms with van der Waals surface area (Å²) in [5, 5.41) is 2.97. The molecule has 1 amide bonds. The quantitative estimate of drug-likeness (QED) is 0.879. The first-order valence-electron chi connectivity index (χ1n) is 6.70. The second kappa shape index (κ2) is 4.88. The molecule has 0 aromatic heterocycles. The van der Waals surface area contributed by atoms with E-state index in [-0.39, 0.29) is 11.8 Å². The molecule has 1 aliphatic carbocycles. The summed E-state index contributed by atoms with van der Waals surface area (Å²) in [6, 6.07) is 18.2. The molecule has 2 aromatic rings. The normalized spacial score (nSPS) is 20.9. The Morgan fingerprint density at radius 2 is 1.58 bits per heavy atom. The first kappa shape index (κ1) is 12.0. The summed E-state index contributed by atoms with van der Waals surface area (Å²) in [4.78, 5) is 11.8. The Morgan fingerprint density at radius 1 is 1.00 bits per heavy atom. The summed E-state index contributed by atoms with van der Waals surface area (Å²) in [5.74, 6) is 0.914. The Bertz CT molecular complexity index is 574. The Hall–Kier alpha value is -2.09. The molecule has 0 heterocycles. The highest BCUT2D eigenvalue weighted by atomic mass is 16.2. The number of anilines is 1. The number of benzene rings is 2. The van der Waals surface area contributed by atoms with E-state index in [0.29, 0.717) is 5.92 Å². The topological polar surface area (TPSA) is 29.1 Å². The fourth-order valence-corrected chi connectivity index (χ4v) is 2.30. The summed E-state index contributed by atoms with van der Waals surface area (Å²) in [7, 11) is 0. The Balaban J connectivity index is 1.71. The minimum Gasteiger partial charge on any atom is -0.326 e. The predicted molar refractivity (Wildman–Crippen MR) is 77.8 cm³/mol. The number of carbonyl (C=O) groups is 1. The monoisotopic (exact) mass is 251 g/mol. The van der Waals surface area contributed by atoms with Gasteiger partial charge in [-0.25, -0.2) is 0 Å². The van der Waals surface area contributed by atoms with E-state index < -0.39 is 0 Å². The van der Waals surface area contributed by atoms with E-state index in [2.05, 4.69) is 24.4 Å². The van der Waals surface area contributed by atoms with Crippen LogP contribution in [0.15, 0.2) is 54.6 Å². The highest BCUT2D eigenvalue weighted by Gasteiger charge is 2.38. The van der Waals surface area contributed by atoms with Crippen LogP contribution in [0.4, 0.5) is 5.69 Å². The van der Waals surface area contributed by atoms with E-state index in [1.165, 1.54) is 11.1 Å². The van der Waals surface area contributed by atoms with Crippen molar-refractivity contribution >= 4 is 11.6 Å². The van der Waals surface area contributed by atoms with Crippen molar-refractivity contribution in [3.8, 4) is 11.1 Å². The molecule has 3 rings (SSSR count). The molecule has 2 nitrogen and oxygen atoms in total. The van der Waals surface area contributed by atoms with Crippen LogP contribution in [0.2, 0.25) is 0 Å². The standard InChI is InChI=1S/C17H17NO/c1-12-11-16(12)17(19)18-15-9-7-14(8-10-15)13-5-3-2-4-6-13/h2-10,12,16H,11H2,1H3,(H,18,19)/t12-,16-/m0/s1. The third-order valence-corrected chi connectivity index (χ3v) is 3.71. The first-order chi connectivity index (χ1) is 9.24. The molecule has 0 bridgehead atoms. The average Bonchev–Trinajstić information content (AvgIpc) is 3.18. The minimum absolute atomic E-state index is 0.153. The molecule has 0 saturated heterocycles. The van der Waals surface area contributed by atoms with Crippen LogP contribution in [0.25, 0.3) is 11.1 Å². The highest BCUT2D eigenvalue weighted by Crippen LogP contribution is 2.38. The Kier molecular flexibility index (Phi) is 3.08. The molecule has 1 N–H and O–H groups in total. The maximum atomic E-state index is 11.8. The van der Waals surface area contributed by atoms with Gasteiger partial charge in [-0.15, -0.1) is 0 Å². The molecule has 0 unspecified atom stereocenters. The van der Waals surface area contributed by atoms with Crippen LogP contribution < -0.4 is 5.32 Å². The molecule has 2 atom stereocenters. The van der Waals surface area contributed by atoms with E-state index in [1.54, 1.807) is 0 Å². The third-order valence-electron chi connectivity index (χ3n) is 3.71. The van der Waals surface area contributed by atoms with Gasteiger partial charge < -0.3 is 5.32 Å². The SMILES string of the molecule is C[C@H]1C[C@@H]1C(=O)Nc1ccc(-c2ccccc2)cc1. The Labute approximate surface area is 113 Å². The number of hydrogen-bond acceptors (Lipinski definition) is 1. The summed E-state index contributed by atoms with van der Waals surface area (Å²) in [5.41, 5.74) is 3.23. The van der Waals surface area contributed by atoms with Crippen molar-refractivity contribution in [2.45, 2.75) is 13.3 Å². The molecule has 1 saturated carbocycles. The molecule has 2 heteroatoms. The van der Waals surface area contributed by atoms with Crippen molar-refractivity contribution in [3.63, 3.8) is 0 Å². The van der Waals surface area contributed by atoms with Crippen LogP contribution in [0.1, 0.15) is 13.3 Å². The van der Waals surface area contributed by atoms with Gasteiger partial charge in [0.1, 0.15) is 0 Å². The van der Waals surface area contributed by atoms with Crippen LogP contribution in [0.5, 0.6) is 0 Å². The smallest absolute Gasteiger partial charge is 0.227 e. The lowest BCUT2D eigenvalue weighted by Crippen LogP contribution is -2.14. The molecule has 1 aliphatic rings. The zero-order valence-corrected chi connectivity index (χ0v) is 11.0. The molecule has 19 heavy (non-hydrogen) atoms. The average molecular weight is 251 g/mol. The van der Waals surface area contributed by atoms with Gasteiger partial charge in [0, 0.05) is 11.6 Å². The lowest BCUT2D eigenvalue weighted by atomic mass is 10.1. The van der Waals surface area contributed by atoms with E-state index >= 15 is 0 Å². The van der Waals surface area contributed by atoms with Gasteiger partial charge in [0.05, 0.1) is 0 Å². The van der Waals surface area contributed by atoms with Crippen molar-refractivity contribution in [3.05, 3.63) is 54.6 Å². The van der Waals surface area contributed by atoms with E-state index in [0.717, 1.165) is 12.1 Å². The molecule has 0 spiro atoms. The second-order valence-electron chi connectivity index (χ2n) is 5.25. The summed E-state index contributed by atoms with van der Waals surface area (Å²) < 4.78 is 0. The lowest BCUT2D eigenvalue weighted by molar-refractivity contribution is -0.117. The van der Waals surface area contributed by atoms with E-state index in [1.807, 2.05) is 42.5 Å². The molecule has 1 fully saturated rings. The highest BCUT2D eigenvalue weighted by molar-refractivity contribution is 5.94. The first-order valence-corrected chi connectivity index (χ1v) is 6.70. The zero-order chi connectivity index (χ0) is 13.2. The van der Waals surface area contributed by atoms with Gasteiger partial charge in [-0.3, -0.25) is 4.79 Å². The molecular weight excluding hydrogens is 234 g/mol. The summed E-state index contributed by atoms with van der Waals surface area (Å²) >= 11 is 0. The minimum atomic E-state index is 0.153. The molecular formula is C17H17NO. The van der Waals surface area contributed by atoms with Crippen LogP contribution in [0.3, 0.4) is 0 Å². The van der Waals surface area contributed by atoms with Gasteiger partial charge in [-0.2, -0.15) is 0 Å². The number of nitrogens with one attached hydrogen (secondary N) is 1. The van der Waals surface area contributed by atoms with Gasteiger partial charge in [0.25, 0.3) is 0 Å². The fourth-order valence-electron chi connectivity index (χ4n) is 2.30. The van der Waals surface area contributed by atoms with E-state index in [9.17, 15) is 4.79 Å². The molecule has 2 aromatic carbocycles. The van der Waals surface area contributed by atoms with Gasteiger partial charge in [0.15, 0.2) is 0 Å². The summed E-state index contributed by atoms with van der Waals surface area (Å²) in [6.45, 7) is 2.11. The van der Waals surface area contributed by atoms with Gasteiger partial charge in [-0.1, -0.05) is 49.4 Å².